The average molecular weight is 714 g/mol. The molecule has 51 heavy (non-hydrogen) atoms. The smallest absolute Gasteiger partial charge is 0.410 e. The molecular formula is C37H43N7O6S. The van der Waals surface area contributed by atoms with Crippen molar-refractivity contribution in [2.75, 3.05) is 29.9 Å². The minimum Gasteiger partial charge on any atom is -0.461 e. The lowest BCUT2D eigenvalue weighted by atomic mass is 9.90. The predicted molar refractivity (Wildman–Crippen MR) is 193 cm³/mol. The van der Waals surface area contributed by atoms with Gasteiger partial charge in [0.2, 0.25) is 0 Å². The van der Waals surface area contributed by atoms with Gasteiger partial charge in [-0.1, -0.05) is 38.5 Å². The maximum Gasteiger partial charge on any atom is 0.410 e. The van der Waals surface area contributed by atoms with Gasteiger partial charge in [0, 0.05) is 74.1 Å². The third-order valence-electron chi connectivity index (χ3n) is 9.78. The number of nitrogens with zero attached hydrogens (tertiary/aromatic N) is 6. The van der Waals surface area contributed by atoms with Crippen LogP contribution in [0, 0.1) is 5.41 Å². The van der Waals surface area contributed by atoms with Crippen LogP contribution in [0.15, 0.2) is 35.4 Å². The fraction of sp³-hybridized carbons (Fsp3) is 0.459. The van der Waals surface area contributed by atoms with Crippen molar-refractivity contribution < 1.29 is 23.9 Å². The fourth-order valence-corrected chi connectivity index (χ4v) is 8.31. The van der Waals surface area contributed by atoms with E-state index in [-0.39, 0.29) is 29.6 Å². The van der Waals surface area contributed by atoms with Gasteiger partial charge in [-0.3, -0.25) is 19.3 Å². The molecule has 3 aliphatic rings. The molecule has 4 aromatic heterocycles. The number of hydrogen-bond donors (Lipinski definition) is 1. The van der Waals surface area contributed by atoms with Crippen molar-refractivity contribution in [1.82, 2.24) is 24.0 Å². The molecule has 0 unspecified atom stereocenters. The molecule has 0 aromatic carbocycles. The van der Waals surface area contributed by atoms with E-state index in [1.165, 1.54) is 34.1 Å². The van der Waals surface area contributed by atoms with Crippen LogP contribution in [-0.2, 0) is 60.3 Å². The molecule has 0 saturated heterocycles. The summed E-state index contributed by atoms with van der Waals surface area (Å²) in [4.78, 5) is 65.8. The van der Waals surface area contributed by atoms with Gasteiger partial charge in [-0.25, -0.2) is 14.8 Å². The van der Waals surface area contributed by atoms with E-state index in [1.807, 2.05) is 13.0 Å². The van der Waals surface area contributed by atoms with Gasteiger partial charge in [0.1, 0.15) is 23.8 Å². The number of ether oxygens (including phenoxy) is 2. The number of rotatable bonds is 9. The summed E-state index contributed by atoms with van der Waals surface area (Å²) in [5, 5.41) is 3.77. The lowest BCUT2D eigenvalue weighted by Crippen LogP contribution is -2.41. The lowest BCUT2D eigenvalue weighted by molar-refractivity contribution is -0.142. The second kappa shape index (κ2) is 13.6. The van der Waals surface area contributed by atoms with Gasteiger partial charge in [0.15, 0.2) is 5.13 Å². The van der Waals surface area contributed by atoms with E-state index < -0.39 is 5.97 Å². The SMILES string of the molecule is CCCCOC(=O)N1CCc2nc(Nc3cc(-c4ccnc(N5CCn6c(cc7c6CC(C)(C)C7)C5=O)c4COC(C)=O)cn(C)c3=O)sc2C1. The van der Waals surface area contributed by atoms with Crippen LogP contribution in [0.5, 0.6) is 0 Å². The Morgan fingerprint density at radius 1 is 1.10 bits per heavy atom. The van der Waals surface area contributed by atoms with E-state index >= 15 is 0 Å². The van der Waals surface area contributed by atoms with Crippen molar-refractivity contribution in [1.29, 1.82) is 0 Å². The normalized spacial score (nSPS) is 16.1. The Hall–Kier alpha value is -4.98. The number of carbonyl (C=O) groups excluding carboxylic acids is 3. The first-order valence-electron chi connectivity index (χ1n) is 17.4. The monoisotopic (exact) mass is 713 g/mol. The van der Waals surface area contributed by atoms with Crippen molar-refractivity contribution in [3.8, 4) is 11.1 Å². The summed E-state index contributed by atoms with van der Waals surface area (Å²) in [6.45, 7) is 10.2. The number of aryl methyl sites for hydroxylation is 1. The molecule has 0 saturated carbocycles. The maximum atomic E-state index is 14.0. The van der Waals surface area contributed by atoms with Crippen LogP contribution >= 0.6 is 11.3 Å². The van der Waals surface area contributed by atoms with Gasteiger partial charge in [-0.15, -0.1) is 0 Å². The summed E-state index contributed by atoms with van der Waals surface area (Å²) in [6.07, 6.45) is 7.25. The number of pyridine rings is 2. The highest BCUT2D eigenvalue weighted by Crippen LogP contribution is 2.40. The highest BCUT2D eigenvalue weighted by atomic mass is 32.1. The molecule has 1 aliphatic carbocycles. The molecular weight excluding hydrogens is 671 g/mol. The predicted octanol–water partition coefficient (Wildman–Crippen LogP) is 5.59. The van der Waals surface area contributed by atoms with Crippen molar-refractivity contribution in [2.45, 2.75) is 79.5 Å². The lowest BCUT2D eigenvalue weighted by Gasteiger charge is -2.31. The van der Waals surface area contributed by atoms with Crippen LogP contribution in [0.1, 0.15) is 78.4 Å². The van der Waals surface area contributed by atoms with Gasteiger partial charge in [-0.2, -0.15) is 0 Å². The first kappa shape index (κ1) is 34.5. The van der Waals surface area contributed by atoms with Crippen LogP contribution in [0.3, 0.4) is 0 Å². The van der Waals surface area contributed by atoms with Gasteiger partial charge < -0.3 is 28.8 Å². The molecule has 1 N–H and O–H groups in total. The molecule has 0 atom stereocenters. The van der Waals surface area contributed by atoms with Crippen molar-refractivity contribution in [3.05, 3.63) is 74.0 Å². The summed E-state index contributed by atoms with van der Waals surface area (Å²) in [5.41, 5.74) is 6.12. The van der Waals surface area contributed by atoms with Gasteiger partial charge >= 0.3 is 12.1 Å². The number of aromatic nitrogens is 4. The summed E-state index contributed by atoms with van der Waals surface area (Å²) in [6, 6.07) is 5.56. The van der Waals surface area contributed by atoms with E-state index in [0.29, 0.717) is 78.2 Å². The first-order valence-corrected chi connectivity index (χ1v) is 18.3. The maximum absolute atomic E-state index is 14.0. The van der Waals surface area contributed by atoms with Crippen LogP contribution < -0.4 is 15.8 Å². The number of nitrogens with one attached hydrogen (secondary N) is 1. The zero-order valence-corrected chi connectivity index (χ0v) is 30.5. The molecule has 0 fully saturated rings. The number of thiazole rings is 1. The number of amides is 2. The van der Waals surface area contributed by atoms with Crippen LogP contribution in [0.4, 0.5) is 21.4 Å². The summed E-state index contributed by atoms with van der Waals surface area (Å²) in [5.74, 6) is -0.192. The number of unbranched alkanes of at least 4 members (excludes halogenated alkanes) is 1. The topological polar surface area (TPSA) is 141 Å². The number of hydrogen-bond acceptors (Lipinski definition) is 10. The molecule has 13 nitrogen and oxygen atoms in total. The highest BCUT2D eigenvalue weighted by Gasteiger charge is 2.38. The second-order valence-corrected chi connectivity index (χ2v) is 15.4. The van der Waals surface area contributed by atoms with Crippen molar-refractivity contribution in [3.63, 3.8) is 0 Å². The van der Waals surface area contributed by atoms with Crippen LogP contribution in [0.25, 0.3) is 11.1 Å². The molecule has 14 heteroatoms. The largest absolute Gasteiger partial charge is 0.461 e. The van der Waals surface area contributed by atoms with Crippen LogP contribution in [-0.4, -0.2) is 61.7 Å². The minimum absolute atomic E-state index is 0.106. The van der Waals surface area contributed by atoms with Gasteiger partial charge in [0.05, 0.1) is 18.8 Å². The summed E-state index contributed by atoms with van der Waals surface area (Å²) >= 11 is 1.40. The van der Waals surface area contributed by atoms with Gasteiger partial charge in [-0.05, 0) is 54.0 Å². The molecule has 4 aromatic rings. The summed E-state index contributed by atoms with van der Waals surface area (Å²) in [7, 11) is 1.67. The zero-order valence-electron chi connectivity index (χ0n) is 29.7. The fourth-order valence-electron chi connectivity index (χ4n) is 7.28. The van der Waals surface area contributed by atoms with E-state index in [2.05, 4.69) is 28.7 Å². The number of carbonyl (C=O) groups is 3. The van der Waals surface area contributed by atoms with E-state index in [9.17, 15) is 19.2 Å². The number of anilines is 3. The van der Waals surface area contributed by atoms with E-state index in [4.69, 9.17) is 14.5 Å². The molecule has 0 radical (unpaired) electrons. The third-order valence-corrected chi connectivity index (χ3v) is 10.8. The van der Waals surface area contributed by atoms with Crippen molar-refractivity contribution >= 4 is 45.9 Å². The van der Waals surface area contributed by atoms with Crippen LogP contribution in [0.2, 0.25) is 0 Å². The molecule has 2 aliphatic heterocycles. The Labute approximate surface area is 300 Å². The minimum atomic E-state index is -0.461. The van der Waals surface area contributed by atoms with Crippen molar-refractivity contribution in [2.24, 2.45) is 12.5 Å². The molecule has 2 amide bonds. The Bertz CT molecular complexity index is 2100. The molecule has 268 valence electrons. The number of esters is 1. The Kier molecular flexibility index (Phi) is 9.21. The first-order chi connectivity index (χ1) is 24.4. The number of fused-ring (bicyclic) bond motifs is 4. The average Bonchev–Trinajstić information content (AvgIpc) is 3.75. The standard InChI is InChI=1S/C37H43N7O6S/c1-6-7-14-49-36(48)42-11-9-27-31(20-42)51-35(39-27)40-28-15-24(19-41(5)33(28)46)25-8-10-38-32(26(25)21-50-22(2)45)44-13-12-43-29(34(44)47)16-23-17-37(3,4)18-30(23)43/h8,10,15-16,19H,6-7,9,11-14,17-18,20-21H2,1-5H3,(H,39,40). The molecule has 7 rings (SSSR count). The Morgan fingerprint density at radius 2 is 1.92 bits per heavy atom. The van der Waals surface area contributed by atoms with E-state index in [0.717, 1.165) is 36.3 Å². The zero-order chi connectivity index (χ0) is 36.0. The Balaban J connectivity index is 1.18. The molecule has 6 heterocycles. The quantitative estimate of drug-likeness (QED) is 0.174. The van der Waals surface area contributed by atoms with Gasteiger partial charge in [0.25, 0.3) is 11.5 Å². The second-order valence-electron chi connectivity index (χ2n) is 14.3. The summed E-state index contributed by atoms with van der Waals surface area (Å²) < 4.78 is 14.6. The Morgan fingerprint density at radius 3 is 2.71 bits per heavy atom. The molecule has 0 spiro atoms. The van der Waals surface area contributed by atoms with E-state index in [1.54, 1.807) is 41.4 Å². The highest BCUT2D eigenvalue weighted by molar-refractivity contribution is 7.15. The third kappa shape index (κ3) is 6.76. The molecule has 0 bridgehead atoms.